The van der Waals surface area contributed by atoms with Crippen molar-refractivity contribution >= 4 is 17.6 Å². The van der Waals surface area contributed by atoms with Gasteiger partial charge in [-0.1, -0.05) is 5.10 Å². The zero-order chi connectivity index (χ0) is 11.0. The Morgan fingerprint density at radius 1 is 1.25 bits per heavy atom. The van der Waals surface area contributed by atoms with E-state index in [4.69, 9.17) is 20.8 Å². The molecule has 0 spiro atoms. The van der Waals surface area contributed by atoms with Gasteiger partial charge in [0.25, 0.3) is 0 Å². The lowest BCUT2D eigenvalue weighted by molar-refractivity contribution is 0.0287. The van der Waals surface area contributed by atoms with E-state index in [1.807, 2.05) is 0 Å². The largest absolute Gasteiger partial charge is 0.408 e. The molecular formula is C10H14ClN3O2. The van der Waals surface area contributed by atoms with E-state index in [2.05, 4.69) is 15.1 Å². The van der Waals surface area contributed by atoms with Crippen LogP contribution < -0.4 is 4.90 Å². The minimum atomic E-state index is 0.335. The number of aromatic nitrogens is 2. The Bertz CT molecular complexity index is 359. The Balaban J connectivity index is 1.71. The van der Waals surface area contributed by atoms with E-state index in [1.165, 1.54) is 0 Å². The molecule has 0 amide bonds. The Morgan fingerprint density at radius 3 is 2.69 bits per heavy atom. The first-order chi connectivity index (χ1) is 7.85. The third-order valence-corrected chi connectivity index (χ3v) is 3.27. The summed E-state index contributed by atoms with van der Waals surface area (Å²) in [4.78, 5) is 2.12. The molecule has 2 fully saturated rings. The number of fused-ring (bicyclic) bond motifs is 2. The van der Waals surface area contributed by atoms with Crippen LogP contribution in [0.25, 0.3) is 0 Å². The van der Waals surface area contributed by atoms with Crippen LogP contribution in [0.1, 0.15) is 18.7 Å². The number of ether oxygens (including phenoxy) is 1. The van der Waals surface area contributed by atoms with Gasteiger partial charge in [-0.3, -0.25) is 0 Å². The number of aryl methyl sites for hydroxylation is 1. The van der Waals surface area contributed by atoms with Crippen molar-refractivity contribution in [2.45, 2.75) is 31.5 Å². The molecule has 2 bridgehead atoms. The van der Waals surface area contributed by atoms with Gasteiger partial charge < -0.3 is 14.1 Å². The van der Waals surface area contributed by atoms with E-state index < -0.39 is 0 Å². The van der Waals surface area contributed by atoms with Crippen LogP contribution in [0.3, 0.4) is 0 Å². The molecule has 2 unspecified atom stereocenters. The highest BCUT2D eigenvalue weighted by molar-refractivity contribution is 6.17. The molecule has 16 heavy (non-hydrogen) atoms. The van der Waals surface area contributed by atoms with Crippen molar-refractivity contribution in [1.29, 1.82) is 0 Å². The smallest absolute Gasteiger partial charge is 0.318 e. The van der Waals surface area contributed by atoms with Gasteiger partial charge in [0, 0.05) is 25.4 Å². The minimum Gasteiger partial charge on any atom is -0.408 e. The number of hydrogen-bond donors (Lipinski definition) is 0. The number of rotatable bonds is 3. The van der Waals surface area contributed by atoms with Crippen molar-refractivity contribution in [3.63, 3.8) is 0 Å². The number of halogens is 1. The van der Waals surface area contributed by atoms with Gasteiger partial charge in [-0.15, -0.1) is 16.7 Å². The van der Waals surface area contributed by atoms with Crippen molar-refractivity contribution < 1.29 is 9.15 Å². The Hall–Kier alpha value is -0.810. The van der Waals surface area contributed by atoms with E-state index in [9.17, 15) is 0 Å². The standard InChI is InChI=1S/C10H14ClN3O2/c11-4-3-9-12-13-10(16-9)14-5-7-1-2-8(6-14)15-7/h7-8H,1-6H2. The molecule has 6 heteroatoms. The Morgan fingerprint density at radius 2 is 2.00 bits per heavy atom. The van der Waals surface area contributed by atoms with Crippen molar-refractivity contribution in [1.82, 2.24) is 10.2 Å². The molecule has 2 atom stereocenters. The number of morpholine rings is 1. The third kappa shape index (κ3) is 1.89. The topological polar surface area (TPSA) is 51.4 Å². The van der Waals surface area contributed by atoms with Crippen LogP contribution in [0.15, 0.2) is 4.42 Å². The van der Waals surface area contributed by atoms with Crippen LogP contribution >= 0.6 is 11.6 Å². The van der Waals surface area contributed by atoms with Crippen LogP contribution in [0.2, 0.25) is 0 Å². The lowest BCUT2D eigenvalue weighted by Gasteiger charge is -2.30. The Labute approximate surface area is 98.7 Å². The van der Waals surface area contributed by atoms with E-state index >= 15 is 0 Å². The number of alkyl halides is 1. The maximum atomic E-state index is 5.75. The van der Waals surface area contributed by atoms with Crippen LogP contribution in [-0.2, 0) is 11.2 Å². The lowest BCUT2D eigenvalue weighted by atomic mass is 10.2. The minimum absolute atomic E-state index is 0.335. The maximum absolute atomic E-state index is 5.75. The second-order valence-corrected chi connectivity index (χ2v) is 4.66. The summed E-state index contributed by atoms with van der Waals surface area (Å²) in [5.41, 5.74) is 0. The predicted molar refractivity (Wildman–Crippen MR) is 58.8 cm³/mol. The zero-order valence-corrected chi connectivity index (χ0v) is 9.69. The third-order valence-electron chi connectivity index (χ3n) is 3.08. The van der Waals surface area contributed by atoms with E-state index in [1.54, 1.807) is 0 Å². The SMILES string of the molecule is ClCCc1nnc(N2CC3CCC(C2)O3)o1. The molecule has 3 rings (SSSR count). The first kappa shape index (κ1) is 10.4. The summed E-state index contributed by atoms with van der Waals surface area (Å²) < 4.78 is 11.3. The van der Waals surface area contributed by atoms with Crippen molar-refractivity contribution in [2.75, 3.05) is 23.9 Å². The highest BCUT2D eigenvalue weighted by Crippen LogP contribution is 2.28. The van der Waals surface area contributed by atoms with Crippen molar-refractivity contribution in [2.24, 2.45) is 0 Å². The van der Waals surface area contributed by atoms with Gasteiger partial charge in [0.05, 0.1) is 12.2 Å². The maximum Gasteiger partial charge on any atom is 0.318 e. The fraction of sp³-hybridized carbons (Fsp3) is 0.800. The molecule has 0 aromatic carbocycles. The highest BCUT2D eigenvalue weighted by atomic mass is 35.5. The molecule has 88 valence electrons. The molecule has 0 N–H and O–H groups in total. The summed E-state index contributed by atoms with van der Waals surface area (Å²) in [5.74, 6) is 1.12. The van der Waals surface area contributed by atoms with E-state index in [-0.39, 0.29) is 0 Å². The van der Waals surface area contributed by atoms with Crippen LogP contribution in [0.4, 0.5) is 6.01 Å². The monoisotopic (exact) mass is 243 g/mol. The van der Waals surface area contributed by atoms with E-state index in [0.717, 1.165) is 25.9 Å². The molecule has 1 aromatic rings. The predicted octanol–water partition coefficient (Wildman–Crippen LogP) is 1.22. The normalized spacial score (nSPS) is 28.7. The molecule has 0 saturated carbocycles. The fourth-order valence-corrected chi connectivity index (χ4v) is 2.49. The van der Waals surface area contributed by atoms with Crippen molar-refractivity contribution in [3.05, 3.63) is 5.89 Å². The zero-order valence-electron chi connectivity index (χ0n) is 8.93. The van der Waals surface area contributed by atoms with Gasteiger partial charge in [0.15, 0.2) is 0 Å². The number of nitrogens with zero attached hydrogens (tertiary/aromatic N) is 3. The summed E-state index contributed by atoms with van der Waals surface area (Å²) in [6.45, 7) is 1.72. The number of hydrogen-bond acceptors (Lipinski definition) is 5. The molecule has 2 aliphatic rings. The van der Waals surface area contributed by atoms with Gasteiger partial charge in [-0.2, -0.15) is 0 Å². The molecule has 3 heterocycles. The average molecular weight is 244 g/mol. The molecule has 1 aromatic heterocycles. The second kappa shape index (κ2) is 4.22. The summed E-state index contributed by atoms with van der Waals surface area (Å²) >= 11 is 5.63. The summed E-state index contributed by atoms with van der Waals surface area (Å²) in [7, 11) is 0. The van der Waals surface area contributed by atoms with Gasteiger partial charge in [-0.25, -0.2) is 0 Å². The van der Waals surface area contributed by atoms with Gasteiger partial charge >= 0.3 is 6.01 Å². The molecule has 2 aliphatic heterocycles. The molecular weight excluding hydrogens is 230 g/mol. The Kier molecular flexibility index (Phi) is 2.73. The van der Waals surface area contributed by atoms with Gasteiger partial charge in [-0.05, 0) is 12.8 Å². The lowest BCUT2D eigenvalue weighted by Crippen LogP contribution is -2.42. The summed E-state index contributed by atoms with van der Waals surface area (Å²) in [5, 5.41) is 8.02. The van der Waals surface area contributed by atoms with Crippen LogP contribution in [-0.4, -0.2) is 41.4 Å². The summed E-state index contributed by atoms with van der Waals surface area (Å²) in [6.07, 6.45) is 3.59. The molecule has 2 saturated heterocycles. The van der Waals surface area contributed by atoms with Crippen LogP contribution in [0, 0.1) is 0 Å². The molecule has 0 aliphatic carbocycles. The average Bonchev–Trinajstić information content (AvgIpc) is 2.87. The highest BCUT2D eigenvalue weighted by Gasteiger charge is 2.35. The molecule has 5 nitrogen and oxygen atoms in total. The van der Waals surface area contributed by atoms with Gasteiger partial charge in [0.1, 0.15) is 0 Å². The molecule has 0 radical (unpaired) electrons. The first-order valence-corrected chi connectivity index (χ1v) is 6.17. The van der Waals surface area contributed by atoms with E-state index in [0.29, 0.717) is 36.4 Å². The fourth-order valence-electron chi connectivity index (χ4n) is 2.33. The number of anilines is 1. The summed E-state index contributed by atoms with van der Waals surface area (Å²) in [6, 6.07) is 0.611. The second-order valence-electron chi connectivity index (χ2n) is 4.28. The first-order valence-electron chi connectivity index (χ1n) is 5.64. The van der Waals surface area contributed by atoms with Gasteiger partial charge in [0.2, 0.25) is 5.89 Å². The van der Waals surface area contributed by atoms with Crippen molar-refractivity contribution in [3.8, 4) is 0 Å². The van der Waals surface area contributed by atoms with Crippen LogP contribution in [0.5, 0.6) is 0 Å². The quantitative estimate of drug-likeness (QED) is 0.748.